The van der Waals surface area contributed by atoms with Crippen LogP contribution in [0.3, 0.4) is 0 Å². The first-order chi connectivity index (χ1) is 14.2. The second-order valence-corrected chi connectivity index (χ2v) is 9.01. The number of carbonyl (C=O) groups excluding carboxylic acids is 3. The lowest BCUT2D eigenvalue weighted by atomic mass is 10.1. The van der Waals surface area contributed by atoms with Crippen molar-refractivity contribution in [3.05, 3.63) is 30.1 Å². The molecule has 3 rings (SSSR count). The summed E-state index contributed by atoms with van der Waals surface area (Å²) < 4.78 is 40.5. The van der Waals surface area contributed by atoms with E-state index in [1.54, 1.807) is 0 Å². The van der Waals surface area contributed by atoms with E-state index < -0.39 is 39.7 Å². The standard InChI is InChI=1S/C18H24FN5O5S/c19-12-3-5-13(6-4-12)30(28,29)24-9-8-23(16(25)10-20)11-15(24)18(27)22-14-2-1-7-21-17(14)26/h3-6,14-15H,1-2,7-11,20H2,(H,21,26)(H,22,27)/t14-,15+/m0/s1. The lowest BCUT2D eigenvalue weighted by Crippen LogP contribution is -2.63. The van der Waals surface area contributed by atoms with E-state index in [0.717, 1.165) is 28.6 Å². The van der Waals surface area contributed by atoms with Crippen molar-refractivity contribution in [2.24, 2.45) is 5.73 Å². The molecule has 0 unspecified atom stereocenters. The smallest absolute Gasteiger partial charge is 0.243 e. The lowest BCUT2D eigenvalue weighted by molar-refractivity contribution is -0.137. The molecule has 2 aliphatic heterocycles. The Hall–Kier alpha value is -2.57. The molecule has 2 atom stereocenters. The number of piperazine rings is 1. The van der Waals surface area contributed by atoms with Gasteiger partial charge < -0.3 is 21.3 Å². The van der Waals surface area contributed by atoms with Crippen LogP contribution < -0.4 is 16.4 Å². The summed E-state index contributed by atoms with van der Waals surface area (Å²) in [5, 5.41) is 5.24. The largest absolute Gasteiger partial charge is 0.354 e. The van der Waals surface area contributed by atoms with Gasteiger partial charge in [0.1, 0.15) is 17.9 Å². The van der Waals surface area contributed by atoms with Gasteiger partial charge in [-0.2, -0.15) is 4.31 Å². The number of rotatable bonds is 5. The number of nitrogens with two attached hydrogens (primary N) is 1. The Bertz CT molecular complexity index is 923. The van der Waals surface area contributed by atoms with Crippen molar-refractivity contribution >= 4 is 27.7 Å². The molecule has 1 aromatic rings. The number of piperidine rings is 1. The highest BCUT2D eigenvalue weighted by atomic mass is 32.2. The molecule has 12 heteroatoms. The van der Waals surface area contributed by atoms with Crippen LogP contribution in [0, 0.1) is 5.82 Å². The van der Waals surface area contributed by atoms with E-state index in [1.807, 2.05) is 0 Å². The number of halogens is 1. The van der Waals surface area contributed by atoms with Gasteiger partial charge in [0, 0.05) is 26.2 Å². The van der Waals surface area contributed by atoms with E-state index in [-0.39, 0.29) is 37.0 Å². The Morgan fingerprint density at radius 3 is 2.57 bits per heavy atom. The molecule has 0 radical (unpaired) electrons. The van der Waals surface area contributed by atoms with Crippen molar-refractivity contribution in [2.45, 2.75) is 29.8 Å². The van der Waals surface area contributed by atoms with Gasteiger partial charge in [-0.15, -0.1) is 0 Å². The summed E-state index contributed by atoms with van der Waals surface area (Å²) in [6.45, 7) is -0.0379. The molecule has 2 heterocycles. The molecule has 4 N–H and O–H groups in total. The number of carbonyl (C=O) groups is 3. The number of amides is 3. The van der Waals surface area contributed by atoms with Crippen LogP contribution in [-0.2, 0) is 24.4 Å². The number of hydrogen-bond donors (Lipinski definition) is 3. The van der Waals surface area contributed by atoms with Crippen LogP contribution in [0.2, 0.25) is 0 Å². The van der Waals surface area contributed by atoms with Crippen molar-refractivity contribution in [1.82, 2.24) is 19.8 Å². The predicted octanol–water partition coefficient (Wildman–Crippen LogP) is -1.62. The molecule has 10 nitrogen and oxygen atoms in total. The second kappa shape index (κ2) is 9.06. The lowest BCUT2D eigenvalue weighted by Gasteiger charge is -2.40. The van der Waals surface area contributed by atoms with E-state index in [1.165, 1.54) is 4.90 Å². The fourth-order valence-electron chi connectivity index (χ4n) is 3.54. The normalized spacial score (nSPS) is 23.0. The van der Waals surface area contributed by atoms with Crippen LogP contribution in [0.1, 0.15) is 12.8 Å². The van der Waals surface area contributed by atoms with E-state index >= 15 is 0 Å². The fourth-order valence-corrected chi connectivity index (χ4v) is 5.11. The zero-order chi connectivity index (χ0) is 21.9. The van der Waals surface area contributed by atoms with Crippen LogP contribution >= 0.6 is 0 Å². The first-order valence-electron chi connectivity index (χ1n) is 9.57. The summed E-state index contributed by atoms with van der Waals surface area (Å²) in [7, 11) is -4.15. The minimum atomic E-state index is -4.15. The van der Waals surface area contributed by atoms with Crippen LogP contribution in [0.5, 0.6) is 0 Å². The molecular weight excluding hydrogens is 417 g/mol. The minimum Gasteiger partial charge on any atom is -0.354 e. The van der Waals surface area contributed by atoms with Gasteiger partial charge in [0.2, 0.25) is 27.7 Å². The Morgan fingerprint density at radius 2 is 1.93 bits per heavy atom. The number of hydrogen-bond acceptors (Lipinski definition) is 6. The first-order valence-corrected chi connectivity index (χ1v) is 11.0. The number of nitrogens with one attached hydrogen (secondary N) is 2. The molecule has 0 bridgehead atoms. The molecular formula is C18H24FN5O5S. The summed E-state index contributed by atoms with van der Waals surface area (Å²) >= 11 is 0. The van der Waals surface area contributed by atoms with E-state index in [2.05, 4.69) is 10.6 Å². The zero-order valence-electron chi connectivity index (χ0n) is 16.2. The van der Waals surface area contributed by atoms with Crippen LogP contribution in [0.4, 0.5) is 4.39 Å². The van der Waals surface area contributed by atoms with E-state index in [9.17, 15) is 27.2 Å². The van der Waals surface area contributed by atoms with Gasteiger partial charge in [-0.3, -0.25) is 14.4 Å². The van der Waals surface area contributed by atoms with Crippen molar-refractivity contribution in [3.63, 3.8) is 0 Å². The summed E-state index contributed by atoms with van der Waals surface area (Å²) in [4.78, 5) is 38.2. The molecule has 0 spiro atoms. The highest BCUT2D eigenvalue weighted by Gasteiger charge is 2.42. The van der Waals surface area contributed by atoms with Gasteiger partial charge in [-0.25, -0.2) is 12.8 Å². The second-order valence-electron chi connectivity index (χ2n) is 7.12. The maximum Gasteiger partial charge on any atom is 0.243 e. The third kappa shape index (κ3) is 4.60. The molecule has 2 aliphatic rings. The van der Waals surface area contributed by atoms with E-state index in [4.69, 9.17) is 5.73 Å². The van der Waals surface area contributed by atoms with Gasteiger partial charge in [0.25, 0.3) is 0 Å². The first kappa shape index (κ1) is 22.1. The summed E-state index contributed by atoms with van der Waals surface area (Å²) in [6.07, 6.45) is 1.11. The topological polar surface area (TPSA) is 142 Å². The minimum absolute atomic E-state index is 0.0597. The average molecular weight is 441 g/mol. The maximum absolute atomic E-state index is 13.2. The molecule has 0 aromatic heterocycles. The highest BCUT2D eigenvalue weighted by molar-refractivity contribution is 7.89. The third-order valence-corrected chi connectivity index (χ3v) is 7.11. The molecule has 164 valence electrons. The van der Waals surface area contributed by atoms with Gasteiger partial charge in [-0.05, 0) is 37.1 Å². The molecule has 30 heavy (non-hydrogen) atoms. The van der Waals surface area contributed by atoms with E-state index in [0.29, 0.717) is 19.4 Å². The third-order valence-electron chi connectivity index (χ3n) is 5.18. The van der Waals surface area contributed by atoms with Gasteiger partial charge in [0.05, 0.1) is 11.4 Å². The zero-order valence-corrected chi connectivity index (χ0v) is 17.0. The van der Waals surface area contributed by atoms with Gasteiger partial charge in [0.15, 0.2) is 0 Å². The number of nitrogens with zero attached hydrogens (tertiary/aromatic N) is 2. The van der Waals surface area contributed by atoms with Crippen molar-refractivity contribution in [3.8, 4) is 0 Å². The van der Waals surface area contributed by atoms with Crippen LogP contribution in [0.15, 0.2) is 29.2 Å². The van der Waals surface area contributed by atoms with Crippen LogP contribution in [-0.4, -0.2) is 80.2 Å². The average Bonchev–Trinajstić information content (AvgIpc) is 2.74. The Labute approximate surface area is 173 Å². The Kier molecular flexibility index (Phi) is 6.68. The SMILES string of the molecule is NCC(=O)N1CCN(S(=O)(=O)c2ccc(F)cc2)[C@@H](C(=O)N[C@H]2CCCNC2=O)C1. The molecule has 0 saturated carbocycles. The highest BCUT2D eigenvalue weighted by Crippen LogP contribution is 2.22. The maximum atomic E-state index is 13.2. The van der Waals surface area contributed by atoms with Crippen molar-refractivity contribution in [1.29, 1.82) is 0 Å². The molecule has 3 amide bonds. The van der Waals surface area contributed by atoms with Crippen molar-refractivity contribution < 1.29 is 27.2 Å². The van der Waals surface area contributed by atoms with Gasteiger partial charge in [-0.1, -0.05) is 0 Å². The molecule has 0 aliphatic carbocycles. The number of sulfonamides is 1. The Morgan fingerprint density at radius 1 is 1.23 bits per heavy atom. The Balaban J connectivity index is 1.87. The summed E-state index contributed by atoms with van der Waals surface area (Å²) in [5.41, 5.74) is 5.41. The quantitative estimate of drug-likeness (QED) is 0.501. The monoisotopic (exact) mass is 441 g/mol. The summed E-state index contributed by atoms with van der Waals surface area (Å²) in [5.74, 6) is -2.03. The molecule has 2 saturated heterocycles. The van der Waals surface area contributed by atoms with Crippen LogP contribution in [0.25, 0.3) is 0 Å². The molecule has 1 aromatic carbocycles. The summed E-state index contributed by atoms with van der Waals surface area (Å²) in [6, 6.07) is 2.24. The van der Waals surface area contributed by atoms with Gasteiger partial charge >= 0.3 is 0 Å². The molecule has 2 fully saturated rings. The number of benzene rings is 1. The predicted molar refractivity (Wildman–Crippen MR) is 104 cm³/mol. The fraction of sp³-hybridized carbons (Fsp3) is 0.500. The van der Waals surface area contributed by atoms with Crippen molar-refractivity contribution in [2.75, 3.05) is 32.7 Å².